The summed E-state index contributed by atoms with van der Waals surface area (Å²) in [6.07, 6.45) is -4.99. The van der Waals surface area contributed by atoms with Gasteiger partial charge >= 0.3 is 10.1 Å². The van der Waals surface area contributed by atoms with Crippen LogP contribution in [0.3, 0.4) is 0 Å². The molecule has 0 bridgehead atoms. The van der Waals surface area contributed by atoms with Gasteiger partial charge in [0.1, 0.15) is 24.0 Å². The smallest absolute Gasteiger partial charge is 0.328 e. The molecule has 2 aliphatic rings. The minimum atomic E-state index is -4.75. The van der Waals surface area contributed by atoms with Crippen molar-refractivity contribution in [1.82, 2.24) is 9.97 Å². The molecule has 1 saturated heterocycles. The van der Waals surface area contributed by atoms with Crippen molar-refractivity contribution in [2.45, 2.75) is 29.7 Å². The average Bonchev–Trinajstić information content (AvgIpc) is 3.01. The van der Waals surface area contributed by atoms with Crippen LogP contribution in [-0.4, -0.2) is 76.1 Å². The quantitative estimate of drug-likeness (QED) is 0.236. The largest absolute Gasteiger partial charge is 0.394 e. The lowest BCUT2D eigenvalue weighted by atomic mass is 10.1. The number of aliphatic hydroxyl groups excluding tert-OH is 3. The summed E-state index contributed by atoms with van der Waals surface area (Å²) in [5.74, 6) is -0.170. The van der Waals surface area contributed by atoms with E-state index in [1.807, 2.05) is 4.98 Å². The Bertz CT molecular complexity index is 780. The molecule has 3 rings (SSSR count). The van der Waals surface area contributed by atoms with Gasteiger partial charge in [-0.25, -0.2) is 0 Å². The number of anilines is 2. The first-order valence-electron chi connectivity index (χ1n) is 6.49. The number of rotatable bonds is 3. The van der Waals surface area contributed by atoms with Gasteiger partial charge in [-0.1, -0.05) is 0 Å². The van der Waals surface area contributed by atoms with E-state index in [0.29, 0.717) is 0 Å². The van der Waals surface area contributed by atoms with Gasteiger partial charge < -0.3 is 30.3 Å². The third kappa shape index (κ3) is 2.56. The van der Waals surface area contributed by atoms with Crippen molar-refractivity contribution in [3.8, 4) is 0 Å². The second kappa shape index (κ2) is 5.40. The van der Waals surface area contributed by atoms with E-state index in [4.69, 9.17) is 14.4 Å². The lowest BCUT2D eigenvalue weighted by Crippen LogP contribution is -2.44. The number of aromatic amines is 1. The number of H-pyrrole nitrogens is 1. The fourth-order valence-corrected chi connectivity index (χ4v) is 2.94. The molecule has 1 aromatic heterocycles. The van der Waals surface area contributed by atoms with E-state index in [0.717, 1.165) is 0 Å². The zero-order valence-electron chi connectivity index (χ0n) is 11.4. The SMILES string of the molecule is O=c1[nH]c(S(=O)(=O)O)nc2c1NCN2[C@@H]1O[C@H](CO)[C@H](O)C1O. The summed E-state index contributed by atoms with van der Waals surface area (Å²) in [6.45, 7) is -0.602. The van der Waals surface area contributed by atoms with E-state index in [1.165, 1.54) is 4.90 Å². The molecule has 3 heterocycles. The van der Waals surface area contributed by atoms with Crippen LogP contribution in [0.4, 0.5) is 11.5 Å². The molecule has 1 aromatic rings. The molecule has 2 aliphatic heterocycles. The molecule has 4 atom stereocenters. The van der Waals surface area contributed by atoms with Crippen molar-refractivity contribution in [2.24, 2.45) is 0 Å². The predicted molar refractivity (Wildman–Crippen MR) is 73.4 cm³/mol. The van der Waals surface area contributed by atoms with Crippen molar-refractivity contribution >= 4 is 21.6 Å². The van der Waals surface area contributed by atoms with Crippen LogP contribution in [0.25, 0.3) is 0 Å². The van der Waals surface area contributed by atoms with Crippen LogP contribution in [0.5, 0.6) is 0 Å². The highest BCUT2D eigenvalue weighted by Gasteiger charge is 2.47. The second-order valence-corrected chi connectivity index (χ2v) is 6.42. The summed E-state index contributed by atoms with van der Waals surface area (Å²) in [5.41, 5.74) is -0.910. The molecule has 0 saturated carbocycles. The van der Waals surface area contributed by atoms with Crippen LogP contribution in [0, 0.1) is 0 Å². The van der Waals surface area contributed by atoms with Crippen molar-refractivity contribution < 1.29 is 33.0 Å². The number of aliphatic hydroxyl groups is 3. The number of ether oxygens (including phenoxy) is 1. The van der Waals surface area contributed by atoms with Gasteiger partial charge in [-0.3, -0.25) is 14.3 Å². The monoisotopic (exact) mass is 350 g/mol. The van der Waals surface area contributed by atoms with Crippen molar-refractivity contribution in [3.63, 3.8) is 0 Å². The van der Waals surface area contributed by atoms with Crippen LogP contribution in [-0.2, 0) is 14.9 Å². The van der Waals surface area contributed by atoms with Crippen LogP contribution < -0.4 is 15.8 Å². The zero-order chi connectivity index (χ0) is 16.9. The third-order valence-corrected chi connectivity index (χ3v) is 4.33. The number of nitrogens with one attached hydrogen (secondary N) is 2. The van der Waals surface area contributed by atoms with E-state index in [-0.39, 0.29) is 18.2 Å². The van der Waals surface area contributed by atoms with E-state index < -0.39 is 52.0 Å². The van der Waals surface area contributed by atoms with Gasteiger partial charge in [-0.15, -0.1) is 0 Å². The molecule has 128 valence electrons. The summed E-state index contributed by atoms with van der Waals surface area (Å²) in [7, 11) is -4.75. The average molecular weight is 350 g/mol. The Labute approximate surface area is 129 Å². The maximum Gasteiger partial charge on any atom is 0.328 e. The van der Waals surface area contributed by atoms with Crippen LogP contribution in [0.1, 0.15) is 0 Å². The molecule has 1 fully saturated rings. The number of nitrogens with zero attached hydrogens (tertiary/aromatic N) is 2. The second-order valence-electron chi connectivity index (χ2n) is 5.08. The summed E-state index contributed by atoms with van der Waals surface area (Å²) in [6, 6.07) is 0. The Morgan fingerprint density at radius 2 is 2.04 bits per heavy atom. The highest BCUT2D eigenvalue weighted by Crippen LogP contribution is 2.33. The molecule has 0 radical (unpaired) electrons. The first kappa shape index (κ1) is 16.1. The third-order valence-electron chi connectivity index (χ3n) is 3.65. The molecule has 1 unspecified atom stereocenters. The van der Waals surface area contributed by atoms with Gasteiger partial charge in [0.25, 0.3) is 10.7 Å². The van der Waals surface area contributed by atoms with E-state index in [1.54, 1.807) is 0 Å². The Balaban J connectivity index is 2.02. The normalized spacial score (nSPS) is 30.3. The molecule has 0 aliphatic carbocycles. The zero-order valence-corrected chi connectivity index (χ0v) is 12.3. The molecule has 6 N–H and O–H groups in total. The van der Waals surface area contributed by atoms with Crippen molar-refractivity contribution in [3.05, 3.63) is 10.4 Å². The maximum absolute atomic E-state index is 11.9. The molecule has 23 heavy (non-hydrogen) atoms. The fraction of sp³-hybridized carbons (Fsp3) is 0.600. The Morgan fingerprint density at radius 3 is 2.61 bits per heavy atom. The first-order chi connectivity index (χ1) is 10.7. The Morgan fingerprint density at radius 1 is 1.35 bits per heavy atom. The minimum Gasteiger partial charge on any atom is -0.394 e. The van der Waals surface area contributed by atoms with E-state index in [9.17, 15) is 23.4 Å². The topological polar surface area (TPSA) is 185 Å². The number of aromatic nitrogens is 2. The molecule has 0 amide bonds. The Hall–Kier alpha value is -1.77. The standard InChI is InChI=1S/C10H14N4O8S/c15-1-3-5(16)6(17)9(22-3)14-2-11-4-7(14)12-10(13-8(4)18)23(19,20)21/h3,5-6,9,11,15-17H,1-2H2,(H,12,13,18)(H,19,20,21)/t3-,5+,6?,9-/m1/s1. The van der Waals surface area contributed by atoms with E-state index in [2.05, 4.69) is 10.3 Å². The van der Waals surface area contributed by atoms with E-state index >= 15 is 0 Å². The predicted octanol–water partition coefficient (Wildman–Crippen LogP) is -3.35. The van der Waals surface area contributed by atoms with Gasteiger partial charge in [0.05, 0.1) is 13.3 Å². The highest BCUT2D eigenvalue weighted by molar-refractivity contribution is 7.85. The molecule has 13 heteroatoms. The minimum absolute atomic E-state index is 0.0626. The highest BCUT2D eigenvalue weighted by atomic mass is 32.2. The molecular formula is C10H14N4O8S. The van der Waals surface area contributed by atoms with Gasteiger partial charge in [0.2, 0.25) is 0 Å². The summed E-state index contributed by atoms with van der Waals surface area (Å²) in [4.78, 5) is 18.6. The van der Waals surface area contributed by atoms with Crippen molar-refractivity contribution in [2.75, 3.05) is 23.5 Å². The van der Waals surface area contributed by atoms with Crippen LogP contribution in [0.15, 0.2) is 9.95 Å². The molecular weight excluding hydrogens is 336 g/mol. The van der Waals surface area contributed by atoms with Gasteiger partial charge in [-0.05, 0) is 0 Å². The summed E-state index contributed by atoms with van der Waals surface area (Å²) in [5, 5.41) is 30.6. The number of hydrogen-bond donors (Lipinski definition) is 6. The van der Waals surface area contributed by atoms with Crippen LogP contribution in [0.2, 0.25) is 0 Å². The Kier molecular flexibility index (Phi) is 3.78. The summed E-state index contributed by atoms with van der Waals surface area (Å²) >= 11 is 0. The van der Waals surface area contributed by atoms with Gasteiger partial charge in [0.15, 0.2) is 12.0 Å². The molecule has 12 nitrogen and oxygen atoms in total. The van der Waals surface area contributed by atoms with Crippen molar-refractivity contribution in [1.29, 1.82) is 0 Å². The number of hydrogen-bond acceptors (Lipinski definition) is 10. The van der Waals surface area contributed by atoms with Crippen LogP contribution >= 0.6 is 0 Å². The van der Waals surface area contributed by atoms with Gasteiger partial charge in [-0.2, -0.15) is 13.4 Å². The molecule has 0 aromatic carbocycles. The summed E-state index contributed by atoms with van der Waals surface area (Å²) < 4.78 is 36.6. The lowest BCUT2D eigenvalue weighted by molar-refractivity contribution is -0.0220. The molecule has 0 spiro atoms. The van der Waals surface area contributed by atoms with Gasteiger partial charge in [0, 0.05) is 0 Å². The lowest BCUT2D eigenvalue weighted by Gasteiger charge is -2.26. The fourth-order valence-electron chi connectivity index (χ4n) is 2.52. The first-order valence-corrected chi connectivity index (χ1v) is 7.93. The number of fused-ring (bicyclic) bond motifs is 1. The maximum atomic E-state index is 11.9.